The number of halogens is 2. The summed E-state index contributed by atoms with van der Waals surface area (Å²) in [5.41, 5.74) is 5.97. The number of piperidine rings is 1. The minimum absolute atomic E-state index is 0.0627. The Hall–Kier alpha value is -1.49. The predicted molar refractivity (Wildman–Crippen MR) is 64.2 cm³/mol. The molecule has 1 heterocycles. The topological polar surface area (TPSA) is 46.3 Å². The number of hydrogen-bond acceptors (Lipinski definition) is 2. The Morgan fingerprint density at radius 2 is 2.11 bits per heavy atom. The van der Waals surface area contributed by atoms with E-state index in [1.165, 1.54) is 17.9 Å². The molecule has 18 heavy (non-hydrogen) atoms. The van der Waals surface area contributed by atoms with E-state index in [4.69, 9.17) is 5.73 Å². The van der Waals surface area contributed by atoms with Gasteiger partial charge in [-0.2, -0.15) is 0 Å². The van der Waals surface area contributed by atoms with Crippen LogP contribution in [0, 0.1) is 18.6 Å². The third-order valence-electron chi connectivity index (χ3n) is 3.22. The molecule has 1 aliphatic heterocycles. The molecule has 1 fully saturated rings. The van der Waals surface area contributed by atoms with E-state index in [0.717, 1.165) is 18.9 Å². The summed E-state index contributed by atoms with van der Waals surface area (Å²) in [6.07, 6.45) is 1.68. The number of nitrogens with zero attached hydrogens (tertiary/aromatic N) is 1. The van der Waals surface area contributed by atoms with E-state index in [1.54, 1.807) is 0 Å². The van der Waals surface area contributed by atoms with E-state index in [1.807, 2.05) is 0 Å². The average molecular weight is 254 g/mol. The summed E-state index contributed by atoms with van der Waals surface area (Å²) in [6, 6.07) is 1.95. The monoisotopic (exact) mass is 254 g/mol. The number of carbonyl (C=O) groups is 1. The van der Waals surface area contributed by atoms with Crippen LogP contribution in [0.5, 0.6) is 0 Å². The third-order valence-corrected chi connectivity index (χ3v) is 3.22. The van der Waals surface area contributed by atoms with E-state index in [9.17, 15) is 13.6 Å². The Morgan fingerprint density at radius 1 is 1.39 bits per heavy atom. The van der Waals surface area contributed by atoms with Crippen LogP contribution < -0.4 is 5.73 Å². The van der Waals surface area contributed by atoms with Gasteiger partial charge < -0.3 is 10.6 Å². The lowest BCUT2D eigenvalue weighted by molar-refractivity contribution is 0.0704. The van der Waals surface area contributed by atoms with Crippen LogP contribution >= 0.6 is 0 Å². The molecular weight excluding hydrogens is 238 g/mol. The van der Waals surface area contributed by atoms with Crippen LogP contribution in [0.4, 0.5) is 8.78 Å². The number of amides is 1. The molecule has 1 amide bonds. The zero-order chi connectivity index (χ0) is 13.3. The number of benzene rings is 1. The minimum Gasteiger partial charge on any atom is -0.337 e. The Morgan fingerprint density at radius 3 is 2.78 bits per heavy atom. The van der Waals surface area contributed by atoms with Gasteiger partial charge in [-0.1, -0.05) is 0 Å². The Balaban J connectivity index is 2.25. The second-order valence-electron chi connectivity index (χ2n) is 4.73. The van der Waals surface area contributed by atoms with Crippen molar-refractivity contribution < 1.29 is 13.6 Å². The van der Waals surface area contributed by atoms with Crippen molar-refractivity contribution in [1.29, 1.82) is 0 Å². The molecule has 98 valence electrons. The first-order valence-electron chi connectivity index (χ1n) is 5.99. The van der Waals surface area contributed by atoms with Crippen molar-refractivity contribution in [2.75, 3.05) is 13.1 Å². The smallest absolute Gasteiger partial charge is 0.256 e. The fraction of sp³-hybridized carbons (Fsp3) is 0.462. The largest absolute Gasteiger partial charge is 0.337 e. The fourth-order valence-corrected chi connectivity index (χ4v) is 2.19. The summed E-state index contributed by atoms with van der Waals surface area (Å²) >= 11 is 0. The SMILES string of the molecule is Cc1cc(C(=O)N2CCC[C@H](N)C2)c(F)cc1F. The normalized spacial score (nSPS) is 20.0. The van der Waals surface area contributed by atoms with Gasteiger partial charge in [0.05, 0.1) is 5.56 Å². The first-order valence-corrected chi connectivity index (χ1v) is 5.99. The molecule has 0 bridgehead atoms. The minimum atomic E-state index is -0.817. The van der Waals surface area contributed by atoms with Crippen molar-refractivity contribution >= 4 is 5.91 Å². The standard InChI is InChI=1S/C13H16F2N2O/c1-8-5-10(12(15)6-11(8)14)13(18)17-4-2-3-9(16)7-17/h5-6,9H,2-4,7,16H2,1H3/t9-/m0/s1. The van der Waals surface area contributed by atoms with Gasteiger partial charge in [0.2, 0.25) is 0 Å². The van der Waals surface area contributed by atoms with Crippen LogP contribution in [0.2, 0.25) is 0 Å². The Kier molecular flexibility index (Phi) is 3.61. The van der Waals surface area contributed by atoms with Crippen LogP contribution in [0.15, 0.2) is 12.1 Å². The highest BCUT2D eigenvalue weighted by Gasteiger charge is 2.24. The number of aryl methyl sites for hydroxylation is 1. The van der Waals surface area contributed by atoms with Crippen LogP contribution in [0.1, 0.15) is 28.8 Å². The van der Waals surface area contributed by atoms with Crippen LogP contribution in [-0.4, -0.2) is 29.9 Å². The lowest BCUT2D eigenvalue weighted by Crippen LogP contribution is -2.45. The van der Waals surface area contributed by atoms with Crippen LogP contribution in [0.3, 0.4) is 0 Å². The lowest BCUT2D eigenvalue weighted by atomic mass is 10.0. The highest BCUT2D eigenvalue weighted by atomic mass is 19.1. The summed E-state index contributed by atoms with van der Waals surface area (Å²) in [5, 5.41) is 0. The van der Waals surface area contributed by atoms with Gasteiger partial charge in [0.1, 0.15) is 11.6 Å². The second-order valence-corrected chi connectivity index (χ2v) is 4.73. The van der Waals surface area contributed by atoms with Crippen molar-refractivity contribution in [3.05, 3.63) is 34.9 Å². The van der Waals surface area contributed by atoms with Gasteiger partial charge >= 0.3 is 0 Å². The molecule has 1 saturated heterocycles. The molecule has 5 heteroatoms. The zero-order valence-corrected chi connectivity index (χ0v) is 10.2. The summed E-state index contributed by atoms with van der Waals surface area (Å²) in [5.74, 6) is -1.87. The van der Waals surface area contributed by atoms with Gasteiger partial charge in [0.25, 0.3) is 5.91 Å². The maximum atomic E-state index is 13.6. The van der Waals surface area contributed by atoms with Gasteiger partial charge in [-0.15, -0.1) is 0 Å². The molecule has 0 aromatic heterocycles. The third kappa shape index (κ3) is 2.51. The summed E-state index contributed by atoms with van der Waals surface area (Å²) < 4.78 is 26.8. The van der Waals surface area contributed by atoms with Gasteiger partial charge in [-0.25, -0.2) is 8.78 Å². The fourth-order valence-electron chi connectivity index (χ4n) is 2.19. The van der Waals surface area contributed by atoms with Crippen molar-refractivity contribution in [3.63, 3.8) is 0 Å². The predicted octanol–water partition coefficient (Wildman–Crippen LogP) is 1.84. The van der Waals surface area contributed by atoms with Crippen molar-refractivity contribution in [2.24, 2.45) is 5.73 Å². The molecule has 2 rings (SSSR count). The number of carbonyl (C=O) groups excluding carboxylic acids is 1. The maximum absolute atomic E-state index is 13.6. The molecule has 1 aromatic carbocycles. The molecule has 3 nitrogen and oxygen atoms in total. The zero-order valence-electron chi connectivity index (χ0n) is 10.2. The molecule has 2 N–H and O–H groups in total. The molecule has 0 spiro atoms. The van der Waals surface area contributed by atoms with E-state index in [2.05, 4.69) is 0 Å². The van der Waals surface area contributed by atoms with Crippen LogP contribution in [-0.2, 0) is 0 Å². The Bertz CT molecular complexity index is 476. The number of nitrogens with two attached hydrogens (primary N) is 1. The molecule has 1 atom stereocenters. The Labute approximate surface area is 105 Å². The molecule has 0 aliphatic carbocycles. The van der Waals surface area contributed by atoms with Gasteiger partial charge in [0, 0.05) is 25.2 Å². The maximum Gasteiger partial charge on any atom is 0.256 e. The quantitative estimate of drug-likeness (QED) is 0.831. The summed E-state index contributed by atoms with van der Waals surface area (Å²) in [7, 11) is 0. The van der Waals surface area contributed by atoms with Gasteiger partial charge in [0.15, 0.2) is 0 Å². The number of likely N-dealkylation sites (tertiary alicyclic amines) is 1. The molecule has 1 aromatic rings. The highest BCUT2D eigenvalue weighted by Crippen LogP contribution is 2.18. The lowest BCUT2D eigenvalue weighted by Gasteiger charge is -2.31. The number of rotatable bonds is 1. The van der Waals surface area contributed by atoms with Crippen molar-refractivity contribution in [1.82, 2.24) is 4.90 Å². The van der Waals surface area contributed by atoms with Crippen LogP contribution in [0.25, 0.3) is 0 Å². The van der Waals surface area contributed by atoms with E-state index >= 15 is 0 Å². The summed E-state index contributed by atoms with van der Waals surface area (Å²) in [6.45, 7) is 2.50. The molecule has 0 saturated carbocycles. The average Bonchev–Trinajstić information content (AvgIpc) is 2.33. The van der Waals surface area contributed by atoms with Crippen molar-refractivity contribution in [2.45, 2.75) is 25.8 Å². The summed E-state index contributed by atoms with van der Waals surface area (Å²) in [4.78, 5) is 13.7. The molecular formula is C13H16F2N2O. The second kappa shape index (κ2) is 5.02. The first kappa shape index (κ1) is 13.0. The molecule has 0 radical (unpaired) electrons. The molecule has 0 unspecified atom stereocenters. The first-order chi connectivity index (χ1) is 8.49. The van der Waals surface area contributed by atoms with E-state index in [0.29, 0.717) is 13.1 Å². The van der Waals surface area contributed by atoms with Crippen molar-refractivity contribution in [3.8, 4) is 0 Å². The van der Waals surface area contributed by atoms with E-state index in [-0.39, 0.29) is 17.2 Å². The highest BCUT2D eigenvalue weighted by molar-refractivity contribution is 5.94. The van der Waals surface area contributed by atoms with E-state index < -0.39 is 17.5 Å². The number of hydrogen-bond donors (Lipinski definition) is 1. The molecule has 1 aliphatic rings. The van der Waals surface area contributed by atoms with Gasteiger partial charge in [-0.05, 0) is 31.4 Å². The van der Waals surface area contributed by atoms with Gasteiger partial charge in [-0.3, -0.25) is 4.79 Å².